The summed E-state index contributed by atoms with van der Waals surface area (Å²) in [5.74, 6) is 1.08. The number of ether oxygens (including phenoxy) is 1. The van der Waals surface area contributed by atoms with Gasteiger partial charge in [-0.15, -0.1) is 0 Å². The molecule has 38 heavy (non-hydrogen) atoms. The van der Waals surface area contributed by atoms with Crippen LogP contribution in [-0.4, -0.2) is 44.7 Å². The predicted molar refractivity (Wildman–Crippen MR) is 147 cm³/mol. The summed E-state index contributed by atoms with van der Waals surface area (Å²) >= 11 is 13.0. The first-order valence-corrected chi connectivity index (χ1v) is 13.5. The Morgan fingerprint density at radius 1 is 1.24 bits per heavy atom. The number of halogens is 2. The SMILES string of the molecule is C[C@@H]1COCC[C@@H]1Nc1ncc2nc(Nc3c(Cl)cc(C#N)cc3Cl)n(C3CCC(C)(C(N)=O)CC3)c2n1. The number of nitrogens with two attached hydrogens (primary N) is 1. The van der Waals surface area contributed by atoms with Gasteiger partial charge < -0.3 is 21.1 Å². The number of amides is 1. The first kappa shape index (κ1) is 26.5. The van der Waals surface area contributed by atoms with Gasteiger partial charge in [-0.25, -0.2) is 9.97 Å². The molecule has 12 heteroatoms. The highest BCUT2D eigenvalue weighted by molar-refractivity contribution is 6.39. The maximum atomic E-state index is 12.1. The van der Waals surface area contributed by atoms with Crippen molar-refractivity contribution < 1.29 is 9.53 Å². The first-order chi connectivity index (χ1) is 18.2. The number of hydrogen-bond acceptors (Lipinski definition) is 8. The third-order valence-electron chi connectivity index (χ3n) is 7.81. The molecule has 1 aromatic carbocycles. The van der Waals surface area contributed by atoms with Crippen LogP contribution >= 0.6 is 23.2 Å². The van der Waals surface area contributed by atoms with Crippen LogP contribution in [0.4, 0.5) is 17.6 Å². The Kier molecular flexibility index (Phi) is 7.36. The number of anilines is 3. The van der Waals surface area contributed by atoms with Crippen LogP contribution in [0.5, 0.6) is 0 Å². The van der Waals surface area contributed by atoms with Gasteiger partial charge in [-0.3, -0.25) is 9.36 Å². The average Bonchev–Trinajstić information content (AvgIpc) is 3.25. The van der Waals surface area contributed by atoms with Crippen LogP contribution in [0, 0.1) is 22.7 Å². The molecule has 3 aromatic rings. The van der Waals surface area contributed by atoms with Crippen LogP contribution in [0.2, 0.25) is 10.0 Å². The summed E-state index contributed by atoms with van der Waals surface area (Å²) < 4.78 is 7.61. The molecule has 200 valence electrons. The second-order valence-corrected chi connectivity index (χ2v) is 11.3. The van der Waals surface area contributed by atoms with Crippen LogP contribution in [0.1, 0.15) is 57.6 Å². The van der Waals surface area contributed by atoms with E-state index in [1.165, 1.54) is 0 Å². The molecule has 10 nitrogen and oxygen atoms in total. The molecule has 1 amide bonds. The van der Waals surface area contributed by atoms with Gasteiger partial charge in [0, 0.05) is 24.1 Å². The fourth-order valence-electron chi connectivity index (χ4n) is 5.27. The summed E-state index contributed by atoms with van der Waals surface area (Å²) in [6, 6.07) is 5.38. The smallest absolute Gasteiger partial charge is 0.224 e. The molecule has 2 aromatic heterocycles. The summed E-state index contributed by atoms with van der Waals surface area (Å²) in [6.07, 6.45) is 5.32. The lowest BCUT2D eigenvalue weighted by atomic mass is 9.73. The zero-order chi connectivity index (χ0) is 27.0. The topological polar surface area (TPSA) is 144 Å². The summed E-state index contributed by atoms with van der Waals surface area (Å²) in [7, 11) is 0. The molecule has 5 rings (SSSR count). The predicted octanol–water partition coefficient (Wildman–Crippen LogP) is 5.19. The maximum Gasteiger partial charge on any atom is 0.224 e. The van der Waals surface area contributed by atoms with Gasteiger partial charge in [-0.2, -0.15) is 10.2 Å². The van der Waals surface area contributed by atoms with Crippen molar-refractivity contribution >= 4 is 57.9 Å². The van der Waals surface area contributed by atoms with E-state index in [-0.39, 0.29) is 18.0 Å². The molecule has 1 aliphatic carbocycles. The molecule has 1 saturated carbocycles. The quantitative estimate of drug-likeness (QED) is 0.376. The fourth-order valence-corrected chi connectivity index (χ4v) is 5.85. The second kappa shape index (κ2) is 10.6. The van der Waals surface area contributed by atoms with Crippen LogP contribution in [0.15, 0.2) is 18.3 Å². The first-order valence-electron chi connectivity index (χ1n) is 12.7. The summed E-state index contributed by atoms with van der Waals surface area (Å²) in [5.41, 5.74) is 7.25. The number of rotatable bonds is 6. The van der Waals surface area contributed by atoms with Gasteiger partial charge in [0.05, 0.1) is 40.2 Å². The number of carbonyl (C=O) groups excluding carboxylic acids is 1. The number of nitrogens with zero attached hydrogens (tertiary/aromatic N) is 5. The fraction of sp³-hybridized carbons (Fsp3) is 0.500. The summed E-state index contributed by atoms with van der Waals surface area (Å²) in [5, 5.41) is 16.6. The van der Waals surface area contributed by atoms with E-state index in [4.69, 9.17) is 43.6 Å². The van der Waals surface area contributed by atoms with Crippen molar-refractivity contribution in [3.63, 3.8) is 0 Å². The van der Waals surface area contributed by atoms with E-state index in [1.54, 1.807) is 18.3 Å². The van der Waals surface area contributed by atoms with E-state index < -0.39 is 5.41 Å². The third-order valence-corrected chi connectivity index (χ3v) is 8.41. The molecular weight excluding hydrogens is 527 g/mol. The van der Waals surface area contributed by atoms with Gasteiger partial charge in [0.25, 0.3) is 0 Å². The molecule has 2 atom stereocenters. The van der Waals surface area contributed by atoms with Crippen LogP contribution in [-0.2, 0) is 9.53 Å². The normalized spacial score (nSPS) is 25.6. The highest BCUT2D eigenvalue weighted by Gasteiger charge is 2.38. The number of fused-ring (bicyclic) bond motifs is 1. The van der Waals surface area contributed by atoms with Gasteiger partial charge in [0.1, 0.15) is 5.52 Å². The third kappa shape index (κ3) is 5.10. The van der Waals surface area contributed by atoms with Crippen LogP contribution < -0.4 is 16.4 Å². The maximum absolute atomic E-state index is 12.1. The van der Waals surface area contributed by atoms with E-state index >= 15 is 0 Å². The van der Waals surface area contributed by atoms with E-state index in [1.807, 2.05) is 11.5 Å². The summed E-state index contributed by atoms with van der Waals surface area (Å²) in [4.78, 5) is 26.3. The Morgan fingerprint density at radius 2 is 1.95 bits per heavy atom. The number of carbonyl (C=O) groups is 1. The van der Waals surface area contributed by atoms with Gasteiger partial charge in [0.15, 0.2) is 5.65 Å². The zero-order valence-electron chi connectivity index (χ0n) is 21.3. The largest absolute Gasteiger partial charge is 0.381 e. The van der Waals surface area contributed by atoms with Gasteiger partial charge in [0.2, 0.25) is 17.8 Å². The molecule has 0 spiro atoms. The van der Waals surface area contributed by atoms with E-state index in [0.29, 0.717) is 76.3 Å². The van der Waals surface area contributed by atoms with Crippen molar-refractivity contribution in [1.29, 1.82) is 5.26 Å². The molecule has 0 bridgehead atoms. The van der Waals surface area contributed by atoms with Crippen molar-refractivity contribution in [2.75, 3.05) is 23.8 Å². The minimum Gasteiger partial charge on any atom is -0.381 e. The monoisotopic (exact) mass is 556 g/mol. The number of primary amides is 1. The van der Waals surface area contributed by atoms with E-state index in [2.05, 4.69) is 28.6 Å². The highest BCUT2D eigenvalue weighted by atomic mass is 35.5. The van der Waals surface area contributed by atoms with Crippen molar-refractivity contribution in [2.45, 2.75) is 58.0 Å². The molecule has 0 unspecified atom stereocenters. The van der Waals surface area contributed by atoms with Crippen molar-refractivity contribution in [3.05, 3.63) is 33.9 Å². The lowest BCUT2D eigenvalue weighted by molar-refractivity contribution is -0.128. The van der Waals surface area contributed by atoms with E-state index in [9.17, 15) is 10.1 Å². The number of nitrogens with one attached hydrogen (secondary N) is 2. The summed E-state index contributed by atoms with van der Waals surface area (Å²) in [6.45, 7) is 5.46. The van der Waals surface area contributed by atoms with Gasteiger partial charge in [-0.05, 0) is 50.2 Å². The molecule has 0 radical (unpaired) electrons. The van der Waals surface area contributed by atoms with Gasteiger partial charge in [-0.1, -0.05) is 37.0 Å². The van der Waals surface area contributed by atoms with Gasteiger partial charge >= 0.3 is 0 Å². The minimum atomic E-state index is -0.541. The standard InChI is InChI=1S/C26H30Cl2N8O2/c1-14-13-38-8-5-19(14)32-24-31-12-20-22(35-24)36(16-3-6-26(2,7-4-16)23(30)37)25(33-20)34-21-17(27)9-15(11-29)10-18(21)28/h9-10,12,14,16,19H,3-8,13H2,1-2H3,(H2,30,37)(H,33,34)(H,31,32,35)/t14-,16?,19+,26?/m1/s1. The molecule has 2 fully saturated rings. The molecule has 1 aliphatic heterocycles. The lowest BCUT2D eigenvalue weighted by Gasteiger charge is -2.35. The molecule has 2 aliphatic rings. The zero-order valence-corrected chi connectivity index (χ0v) is 22.8. The Labute approximate surface area is 230 Å². The second-order valence-electron chi connectivity index (χ2n) is 10.5. The molecule has 1 saturated heterocycles. The minimum absolute atomic E-state index is 0.00983. The Bertz CT molecular complexity index is 1390. The number of nitriles is 1. The molecule has 3 heterocycles. The lowest BCUT2D eigenvalue weighted by Crippen LogP contribution is -2.38. The molecular formula is C26H30Cl2N8O2. The number of benzene rings is 1. The van der Waals surface area contributed by atoms with Crippen LogP contribution in [0.3, 0.4) is 0 Å². The van der Waals surface area contributed by atoms with Crippen molar-refractivity contribution in [3.8, 4) is 6.07 Å². The Hall–Kier alpha value is -3.13. The van der Waals surface area contributed by atoms with Crippen LogP contribution in [0.25, 0.3) is 11.2 Å². The number of imidazole rings is 1. The number of aromatic nitrogens is 4. The van der Waals surface area contributed by atoms with E-state index in [0.717, 1.165) is 19.3 Å². The highest BCUT2D eigenvalue weighted by Crippen LogP contribution is 2.43. The Morgan fingerprint density at radius 3 is 2.58 bits per heavy atom. The molecule has 4 N–H and O–H groups in total. The Balaban J connectivity index is 1.54. The average molecular weight is 557 g/mol. The van der Waals surface area contributed by atoms with Crippen molar-refractivity contribution in [2.24, 2.45) is 17.1 Å². The van der Waals surface area contributed by atoms with Crippen molar-refractivity contribution in [1.82, 2.24) is 19.5 Å². The number of hydrogen-bond donors (Lipinski definition) is 3.